The van der Waals surface area contributed by atoms with Gasteiger partial charge in [0.2, 0.25) is 5.13 Å². The fraction of sp³-hybridized carbons (Fsp3) is 0.167. The van der Waals surface area contributed by atoms with E-state index in [1.165, 1.54) is 43.8 Å². The molecule has 38 heavy (non-hydrogen) atoms. The van der Waals surface area contributed by atoms with E-state index in [0.29, 0.717) is 11.4 Å². The van der Waals surface area contributed by atoms with Crippen LogP contribution in [0, 0.1) is 12.7 Å². The first-order valence-corrected chi connectivity index (χ1v) is 11.6. The van der Waals surface area contributed by atoms with Crippen molar-refractivity contribution in [1.82, 2.24) is 20.2 Å². The number of amides is 1. The molecule has 1 amide bonds. The number of rotatable bonds is 9. The molecular weight excluding hydrogens is 527 g/mol. The summed E-state index contributed by atoms with van der Waals surface area (Å²) < 4.78 is 55.2. The molecule has 0 bridgehead atoms. The molecule has 1 aromatic carbocycles. The molecule has 0 radical (unpaired) electrons. The number of benzene rings is 1. The number of anilines is 1. The van der Waals surface area contributed by atoms with Crippen LogP contribution in [0.3, 0.4) is 0 Å². The second-order valence-electron chi connectivity index (χ2n) is 7.51. The van der Waals surface area contributed by atoms with Crippen molar-refractivity contribution < 1.29 is 37.0 Å². The molecule has 3 heterocycles. The molecule has 0 aliphatic heterocycles. The molecule has 0 aliphatic carbocycles. The van der Waals surface area contributed by atoms with E-state index in [4.69, 9.17) is 4.74 Å². The van der Waals surface area contributed by atoms with Crippen LogP contribution in [0.4, 0.5) is 18.3 Å². The molecule has 1 N–H and O–H groups in total. The lowest BCUT2D eigenvalue weighted by molar-refractivity contribution is -0.0495. The van der Waals surface area contributed by atoms with Crippen LogP contribution in [0.5, 0.6) is 10.9 Å². The Morgan fingerprint density at radius 2 is 1.92 bits per heavy atom. The number of methoxy groups -OCH3 is 1. The average Bonchev–Trinajstić information content (AvgIpc) is 3.34. The fourth-order valence-electron chi connectivity index (χ4n) is 3.27. The minimum absolute atomic E-state index is 0.00575. The fourth-order valence-corrected chi connectivity index (χ4v) is 3.87. The number of alkyl halides is 2. The van der Waals surface area contributed by atoms with Gasteiger partial charge in [-0.15, -0.1) is 5.10 Å². The Morgan fingerprint density at radius 3 is 2.63 bits per heavy atom. The van der Waals surface area contributed by atoms with Crippen molar-refractivity contribution in [1.29, 1.82) is 0 Å². The number of halogens is 3. The molecule has 0 atom stereocenters. The number of aromatic nitrogens is 4. The van der Waals surface area contributed by atoms with Crippen molar-refractivity contribution in [2.24, 2.45) is 0 Å². The summed E-state index contributed by atoms with van der Waals surface area (Å²) in [4.78, 5) is 32.7. The van der Waals surface area contributed by atoms with Crippen LogP contribution in [0.1, 0.15) is 32.1 Å². The van der Waals surface area contributed by atoms with Gasteiger partial charge in [0.15, 0.2) is 0 Å². The van der Waals surface area contributed by atoms with Crippen LogP contribution in [0.25, 0.3) is 11.1 Å². The molecular formula is C24H18F3N5O5S. The molecule has 4 rings (SSSR count). The molecule has 0 spiro atoms. The quantitative estimate of drug-likeness (QED) is 0.299. The number of aryl methyl sites for hydroxylation is 1. The highest BCUT2D eigenvalue weighted by molar-refractivity contribution is 7.17. The zero-order valence-electron chi connectivity index (χ0n) is 19.8. The minimum Gasteiger partial charge on any atom is -0.465 e. The summed E-state index contributed by atoms with van der Waals surface area (Å²) in [6, 6.07) is 7.96. The van der Waals surface area contributed by atoms with Gasteiger partial charge in [-0.2, -0.15) is 8.78 Å². The summed E-state index contributed by atoms with van der Waals surface area (Å²) in [6.45, 7) is -1.58. The SMILES string of the molecule is COC(=O)c1ccc(COc2nnc(NC(=O)c3cnc(C)cc3-c3c(F)cccc3OC(F)F)s2)nc1. The Morgan fingerprint density at radius 1 is 1.11 bits per heavy atom. The summed E-state index contributed by atoms with van der Waals surface area (Å²) in [6.07, 6.45) is 2.54. The molecule has 4 aromatic rings. The molecule has 0 aliphatic rings. The lowest BCUT2D eigenvalue weighted by atomic mass is 9.98. The number of carbonyl (C=O) groups excluding carboxylic acids is 2. The van der Waals surface area contributed by atoms with Gasteiger partial charge in [-0.05, 0) is 48.6 Å². The van der Waals surface area contributed by atoms with Crippen molar-refractivity contribution in [3.05, 3.63) is 77.1 Å². The van der Waals surface area contributed by atoms with E-state index in [2.05, 4.69) is 35.0 Å². The number of nitrogens with one attached hydrogen (secondary N) is 1. The van der Waals surface area contributed by atoms with Gasteiger partial charge in [-0.3, -0.25) is 20.1 Å². The summed E-state index contributed by atoms with van der Waals surface area (Å²) >= 11 is 0.910. The summed E-state index contributed by atoms with van der Waals surface area (Å²) in [5.41, 5.74) is 0.794. The van der Waals surface area contributed by atoms with Crippen molar-refractivity contribution >= 4 is 28.3 Å². The maximum absolute atomic E-state index is 14.8. The normalized spacial score (nSPS) is 10.8. The Labute approximate surface area is 217 Å². The number of nitrogens with zero attached hydrogens (tertiary/aromatic N) is 4. The molecule has 196 valence electrons. The Balaban J connectivity index is 1.50. The third-order valence-electron chi connectivity index (χ3n) is 4.96. The highest BCUT2D eigenvalue weighted by atomic mass is 32.1. The van der Waals surface area contributed by atoms with Crippen LogP contribution in [-0.2, 0) is 11.3 Å². The van der Waals surface area contributed by atoms with Gasteiger partial charge >= 0.3 is 12.6 Å². The Hall–Kier alpha value is -4.59. The number of esters is 1. The lowest BCUT2D eigenvalue weighted by Gasteiger charge is -2.15. The molecule has 0 unspecified atom stereocenters. The smallest absolute Gasteiger partial charge is 0.387 e. The van der Waals surface area contributed by atoms with Crippen LogP contribution in [-0.4, -0.2) is 45.8 Å². The standard InChI is InChI=1S/C24H18F3N5O5S/c1-12-8-15(19-17(25)4-3-5-18(19)37-22(26)27)16(10-28-12)20(33)30-23-31-32-24(38-23)36-11-14-7-6-13(9-29-14)21(34)35-2/h3-10,22H,11H2,1-2H3,(H,30,31,33). The highest BCUT2D eigenvalue weighted by Crippen LogP contribution is 2.36. The first-order chi connectivity index (χ1) is 18.2. The average molecular weight is 545 g/mol. The second kappa shape index (κ2) is 11.6. The van der Waals surface area contributed by atoms with Gasteiger partial charge in [0.25, 0.3) is 11.1 Å². The second-order valence-corrected chi connectivity index (χ2v) is 8.45. The lowest BCUT2D eigenvalue weighted by Crippen LogP contribution is -2.14. The van der Waals surface area contributed by atoms with E-state index < -0.39 is 30.1 Å². The molecule has 0 fully saturated rings. The largest absolute Gasteiger partial charge is 0.465 e. The maximum atomic E-state index is 14.8. The van der Waals surface area contributed by atoms with Gasteiger partial charge < -0.3 is 14.2 Å². The first-order valence-electron chi connectivity index (χ1n) is 10.8. The first kappa shape index (κ1) is 26.5. The Kier molecular flexibility index (Phi) is 8.11. The monoisotopic (exact) mass is 545 g/mol. The minimum atomic E-state index is -3.20. The summed E-state index contributed by atoms with van der Waals surface area (Å²) in [7, 11) is 1.26. The van der Waals surface area contributed by atoms with Gasteiger partial charge in [-0.1, -0.05) is 11.2 Å². The van der Waals surface area contributed by atoms with Gasteiger partial charge in [0.1, 0.15) is 18.2 Å². The zero-order chi connectivity index (χ0) is 27.2. The third-order valence-corrected chi connectivity index (χ3v) is 5.71. The van der Waals surface area contributed by atoms with Crippen molar-refractivity contribution in [3.8, 4) is 22.1 Å². The number of ether oxygens (including phenoxy) is 3. The van der Waals surface area contributed by atoms with Crippen LogP contribution >= 0.6 is 11.3 Å². The number of pyridine rings is 2. The Bertz CT molecular complexity index is 1470. The topological polar surface area (TPSA) is 125 Å². The molecule has 3 aromatic heterocycles. The van der Waals surface area contributed by atoms with E-state index in [9.17, 15) is 22.8 Å². The van der Waals surface area contributed by atoms with Crippen LogP contribution in [0.2, 0.25) is 0 Å². The van der Waals surface area contributed by atoms with Crippen molar-refractivity contribution in [2.45, 2.75) is 20.1 Å². The predicted octanol–water partition coefficient (Wildman–Crippen LogP) is 4.66. The van der Waals surface area contributed by atoms with E-state index in [1.807, 2.05) is 0 Å². The van der Waals surface area contributed by atoms with E-state index in [1.54, 1.807) is 13.0 Å². The van der Waals surface area contributed by atoms with E-state index in [0.717, 1.165) is 17.4 Å². The highest BCUT2D eigenvalue weighted by Gasteiger charge is 2.23. The van der Waals surface area contributed by atoms with Crippen LogP contribution in [0.15, 0.2) is 48.8 Å². The predicted molar refractivity (Wildman–Crippen MR) is 129 cm³/mol. The van der Waals surface area contributed by atoms with Crippen molar-refractivity contribution in [2.75, 3.05) is 12.4 Å². The van der Waals surface area contributed by atoms with Crippen LogP contribution < -0.4 is 14.8 Å². The van der Waals surface area contributed by atoms with Gasteiger partial charge in [0.05, 0.1) is 29.5 Å². The molecule has 14 heteroatoms. The van der Waals surface area contributed by atoms with Gasteiger partial charge in [-0.25, -0.2) is 9.18 Å². The maximum Gasteiger partial charge on any atom is 0.387 e. The molecule has 0 saturated heterocycles. The van der Waals surface area contributed by atoms with E-state index >= 15 is 0 Å². The number of carbonyl (C=O) groups is 2. The van der Waals surface area contributed by atoms with Crippen molar-refractivity contribution in [3.63, 3.8) is 0 Å². The molecule has 10 nitrogen and oxygen atoms in total. The third kappa shape index (κ3) is 6.21. The number of hydrogen-bond donors (Lipinski definition) is 1. The zero-order valence-corrected chi connectivity index (χ0v) is 20.6. The molecule has 0 saturated carbocycles. The summed E-state index contributed by atoms with van der Waals surface area (Å²) in [5.74, 6) is -2.54. The number of hydrogen-bond acceptors (Lipinski definition) is 10. The van der Waals surface area contributed by atoms with Gasteiger partial charge in [0, 0.05) is 23.7 Å². The summed E-state index contributed by atoms with van der Waals surface area (Å²) in [5, 5.41) is 10.4. The van der Waals surface area contributed by atoms with E-state index in [-0.39, 0.29) is 39.2 Å².